The van der Waals surface area contributed by atoms with Crippen LogP contribution in [0.5, 0.6) is 0 Å². The van der Waals surface area contributed by atoms with Crippen molar-refractivity contribution in [2.75, 3.05) is 24.2 Å². The second-order valence-corrected chi connectivity index (χ2v) is 4.93. The molecule has 112 valence electrons. The normalized spacial score (nSPS) is 11.2. The van der Waals surface area contributed by atoms with Crippen LogP contribution in [0.3, 0.4) is 0 Å². The van der Waals surface area contributed by atoms with Crippen molar-refractivity contribution in [1.82, 2.24) is 5.32 Å². The molecule has 0 aliphatic carbocycles. The lowest BCUT2D eigenvalue weighted by Crippen LogP contribution is -2.41. The number of aliphatic hydroxyl groups is 1. The molecule has 0 unspecified atom stereocenters. The van der Waals surface area contributed by atoms with Crippen molar-refractivity contribution in [3.8, 4) is 0 Å². The van der Waals surface area contributed by atoms with E-state index in [2.05, 4.69) is 10.6 Å². The van der Waals surface area contributed by atoms with E-state index in [1.54, 1.807) is 18.2 Å². The molecule has 0 fully saturated rings. The summed E-state index contributed by atoms with van der Waals surface area (Å²) >= 11 is 0. The molecular weight excluding hydrogens is 254 g/mol. The van der Waals surface area contributed by atoms with Gasteiger partial charge in [-0.25, -0.2) is 0 Å². The summed E-state index contributed by atoms with van der Waals surface area (Å²) in [6, 6.07) is 5.14. The van der Waals surface area contributed by atoms with Crippen molar-refractivity contribution in [3.63, 3.8) is 0 Å². The van der Waals surface area contributed by atoms with E-state index in [0.29, 0.717) is 23.5 Å². The van der Waals surface area contributed by atoms with Crippen LogP contribution in [0.2, 0.25) is 0 Å². The standard InChI is InChI=1S/C15H25N3O2/c1-4-15(5-2,10-19)18-13-9-11(7-8-12(13)16)14(20)17-6-3/h7-9,18-19H,4-6,10,16H2,1-3H3,(H,17,20). The van der Waals surface area contributed by atoms with Crippen molar-refractivity contribution in [2.24, 2.45) is 0 Å². The molecule has 1 aromatic carbocycles. The monoisotopic (exact) mass is 279 g/mol. The van der Waals surface area contributed by atoms with Gasteiger partial charge < -0.3 is 21.5 Å². The van der Waals surface area contributed by atoms with Crippen LogP contribution < -0.4 is 16.4 Å². The Bertz CT molecular complexity index is 448. The van der Waals surface area contributed by atoms with E-state index in [0.717, 1.165) is 12.8 Å². The van der Waals surface area contributed by atoms with Crippen molar-refractivity contribution < 1.29 is 9.90 Å². The Hall–Kier alpha value is -1.75. The van der Waals surface area contributed by atoms with Gasteiger partial charge in [-0.05, 0) is 38.0 Å². The Labute approximate surface area is 120 Å². The Morgan fingerprint density at radius 2 is 1.95 bits per heavy atom. The lowest BCUT2D eigenvalue weighted by Gasteiger charge is -2.32. The molecule has 1 rings (SSSR count). The highest BCUT2D eigenvalue weighted by atomic mass is 16.3. The maximum absolute atomic E-state index is 11.9. The third-order valence-electron chi connectivity index (χ3n) is 3.71. The minimum absolute atomic E-state index is 0.0187. The molecule has 0 aliphatic rings. The SMILES string of the molecule is CCNC(=O)c1ccc(N)c(NC(CC)(CC)CO)c1. The van der Waals surface area contributed by atoms with Crippen LogP contribution in [0.4, 0.5) is 11.4 Å². The smallest absolute Gasteiger partial charge is 0.251 e. The zero-order chi connectivity index (χ0) is 15.2. The molecule has 0 bridgehead atoms. The predicted octanol–water partition coefficient (Wildman–Crippen LogP) is 1.98. The Kier molecular flexibility index (Phi) is 5.82. The van der Waals surface area contributed by atoms with Gasteiger partial charge in [0.15, 0.2) is 0 Å². The summed E-state index contributed by atoms with van der Waals surface area (Å²) in [4.78, 5) is 11.9. The maximum Gasteiger partial charge on any atom is 0.251 e. The lowest BCUT2D eigenvalue weighted by molar-refractivity contribution is 0.0956. The van der Waals surface area contributed by atoms with Crippen LogP contribution in [0, 0.1) is 0 Å². The molecule has 5 N–H and O–H groups in total. The molecule has 20 heavy (non-hydrogen) atoms. The van der Waals surface area contributed by atoms with Gasteiger partial charge >= 0.3 is 0 Å². The minimum Gasteiger partial charge on any atom is -0.397 e. The first kappa shape index (κ1) is 16.3. The van der Waals surface area contributed by atoms with Crippen molar-refractivity contribution in [1.29, 1.82) is 0 Å². The van der Waals surface area contributed by atoms with Gasteiger partial charge in [-0.3, -0.25) is 4.79 Å². The average Bonchev–Trinajstić information content (AvgIpc) is 2.47. The van der Waals surface area contributed by atoms with E-state index in [4.69, 9.17) is 5.73 Å². The third-order valence-corrected chi connectivity index (χ3v) is 3.71. The number of nitrogen functional groups attached to an aromatic ring is 1. The summed E-state index contributed by atoms with van der Waals surface area (Å²) in [5.74, 6) is -0.127. The van der Waals surface area contributed by atoms with Crippen LogP contribution in [0.1, 0.15) is 44.0 Å². The first-order valence-electron chi connectivity index (χ1n) is 7.08. The number of carbonyl (C=O) groups excluding carboxylic acids is 1. The number of rotatable bonds is 7. The van der Waals surface area contributed by atoms with Gasteiger partial charge in [0, 0.05) is 12.1 Å². The predicted molar refractivity (Wildman–Crippen MR) is 82.9 cm³/mol. The highest BCUT2D eigenvalue weighted by Gasteiger charge is 2.25. The molecule has 1 aromatic rings. The number of hydrogen-bond donors (Lipinski definition) is 4. The van der Waals surface area contributed by atoms with E-state index in [1.807, 2.05) is 20.8 Å². The van der Waals surface area contributed by atoms with Crippen LogP contribution in [-0.4, -0.2) is 29.7 Å². The summed E-state index contributed by atoms with van der Waals surface area (Å²) in [6.45, 7) is 6.49. The second-order valence-electron chi connectivity index (χ2n) is 4.93. The van der Waals surface area contributed by atoms with Crippen LogP contribution in [-0.2, 0) is 0 Å². The van der Waals surface area contributed by atoms with E-state index in [9.17, 15) is 9.90 Å². The minimum atomic E-state index is -0.409. The number of nitrogens with one attached hydrogen (secondary N) is 2. The van der Waals surface area contributed by atoms with E-state index in [1.165, 1.54) is 0 Å². The van der Waals surface area contributed by atoms with E-state index < -0.39 is 5.54 Å². The van der Waals surface area contributed by atoms with E-state index in [-0.39, 0.29) is 12.5 Å². The summed E-state index contributed by atoms with van der Waals surface area (Å²) in [7, 11) is 0. The number of aliphatic hydroxyl groups excluding tert-OH is 1. The summed E-state index contributed by atoms with van der Waals surface area (Å²) in [5, 5.41) is 15.7. The molecule has 0 radical (unpaired) electrons. The molecule has 0 saturated heterocycles. The van der Waals surface area contributed by atoms with Gasteiger partial charge in [-0.2, -0.15) is 0 Å². The number of amides is 1. The van der Waals surface area contributed by atoms with Gasteiger partial charge in [0.05, 0.1) is 23.5 Å². The van der Waals surface area contributed by atoms with Gasteiger partial charge in [0.25, 0.3) is 5.91 Å². The van der Waals surface area contributed by atoms with Gasteiger partial charge in [-0.1, -0.05) is 13.8 Å². The van der Waals surface area contributed by atoms with Crippen LogP contribution in [0.25, 0.3) is 0 Å². The molecule has 1 amide bonds. The van der Waals surface area contributed by atoms with Crippen molar-refractivity contribution >= 4 is 17.3 Å². The van der Waals surface area contributed by atoms with Crippen LogP contribution >= 0.6 is 0 Å². The molecule has 5 nitrogen and oxygen atoms in total. The highest BCUT2D eigenvalue weighted by molar-refractivity contribution is 5.96. The number of hydrogen-bond acceptors (Lipinski definition) is 4. The number of benzene rings is 1. The molecule has 0 saturated carbocycles. The number of nitrogens with two attached hydrogens (primary N) is 1. The van der Waals surface area contributed by atoms with Crippen LogP contribution in [0.15, 0.2) is 18.2 Å². The maximum atomic E-state index is 11.9. The topological polar surface area (TPSA) is 87.4 Å². The molecule has 0 heterocycles. The molecule has 0 atom stereocenters. The highest BCUT2D eigenvalue weighted by Crippen LogP contribution is 2.27. The fourth-order valence-corrected chi connectivity index (χ4v) is 2.04. The zero-order valence-corrected chi connectivity index (χ0v) is 12.5. The number of carbonyl (C=O) groups is 1. The van der Waals surface area contributed by atoms with E-state index >= 15 is 0 Å². The summed E-state index contributed by atoms with van der Waals surface area (Å²) < 4.78 is 0. The van der Waals surface area contributed by atoms with Gasteiger partial charge in [0.1, 0.15) is 0 Å². The molecule has 0 aromatic heterocycles. The largest absolute Gasteiger partial charge is 0.397 e. The summed E-state index contributed by atoms with van der Waals surface area (Å²) in [5.41, 5.74) is 7.36. The average molecular weight is 279 g/mol. The van der Waals surface area contributed by atoms with Gasteiger partial charge in [0.2, 0.25) is 0 Å². The lowest BCUT2D eigenvalue weighted by atomic mass is 9.93. The Morgan fingerprint density at radius 3 is 2.45 bits per heavy atom. The van der Waals surface area contributed by atoms with Crippen molar-refractivity contribution in [2.45, 2.75) is 39.2 Å². The fraction of sp³-hybridized carbons (Fsp3) is 0.533. The second kappa shape index (κ2) is 7.14. The van der Waals surface area contributed by atoms with Crippen molar-refractivity contribution in [3.05, 3.63) is 23.8 Å². The first-order chi connectivity index (χ1) is 9.51. The Morgan fingerprint density at radius 1 is 1.30 bits per heavy atom. The number of anilines is 2. The first-order valence-corrected chi connectivity index (χ1v) is 7.08. The molecule has 5 heteroatoms. The Balaban J connectivity index is 3.05. The molecule has 0 aliphatic heterocycles. The van der Waals surface area contributed by atoms with Gasteiger partial charge in [-0.15, -0.1) is 0 Å². The summed E-state index contributed by atoms with van der Waals surface area (Å²) in [6.07, 6.45) is 1.54. The zero-order valence-electron chi connectivity index (χ0n) is 12.5. The quantitative estimate of drug-likeness (QED) is 0.575. The fourth-order valence-electron chi connectivity index (χ4n) is 2.04. The molecular formula is C15H25N3O2. The third kappa shape index (κ3) is 3.63. The molecule has 0 spiro atoms.